The van der Waals surface area contributed by atoms with Crippen molar-refractivity contribution in [1.29, 1.82) is 0 Å². The van der Waals surface area contributed by atoms with Crippen molar-refractivity contribution in [1.82, 2.24) is 4.98 Å². The number of aromatic amines is 1. The van der Waals surface area contributed by atoms with E-state index in [9.17, 15) is 0 Å². The Balaban J connectivity index is 0.000000138. The van der Waals surface area contributed by atoms with Crippen LogP contribution in [0.4, 0.5) is 5.82 Å². The Morgan fingerprint density at radius 2 is 1.31 bits per heavy atom. The van der Waals surface area contributed by atoms with Gasteiger partial charge < -0.3 is 10.7 Å². The summed E-state index contributed by atoms with van der Waals surface area (Å²) in [7, 11) is 0. The summed E-state index contributed by atoms with van der Waals surface area (Å²) in [6.07, 6.45) is 0. The summed E-state index contributed by atoms with van der Waals surface area (Å²) >= 11 is 0. The van der Waals surface area contributed by atoms with Crippen molar-refractivity contribution in [3.05, 3.63) is 66.7 Å². The first kappa shape index (κ1) is 10.3. The molecule has 80 valence electrons. The van der Waals surface area contributed by atoms with Crippen molar-refractivity contribution in [2.24, 2.45) is 0 Å². The zero-order valence-corrected chi connectivity index (χ0v) is 8.93. The molecule has 0 saturated carbocycles. The molecular formula is C14H14N2. The van der Waals surface area contributed by atoms with Gasteiger partial charge in [-0.2, -0.15) is 0 Å². The molecule has 0 bridgehead atoms. The quantitative estimate of drug-likeness (QED) is 0.586. The maximum Gasteiger partial charge on any atom is 0.101 e. The first-order chi connectivity index (χ1) is 7.86. The Morgan fingerprint density at radius 3 is 1.88 bits per heavy atom. The third-order valence-corrected chi connectivity index (χ3v) is 2.22. The number of nitrogens with two attached hydrogens (primary N) is 1. The lowest BCUT2D eigenvalue weighted by atomic mass is 10.3. The highest BCUT2D eigenvalue weighted by Crippen LogP contribution is 2.14. The fourth-order valence-electron chi connectivity index (χ4n) is 1.48. The van der Waals surface area contributed by atoms with Gasteiger partial charge in [-0.25, -0.2) is 0 Å². The second kappa shape index (κ2) is 5.03. The first-order valence-electron chi connectivity index (χ1n) is 5.19. The average molecular weight is 210 g/mol. The number of benzene rings is 2. The number of H-pyrrole nitrogens is 1. The molecule has 0 radical (unpaired) electrons. The van der Waals surface area contributed by atoms with Gasteiger partial charge in [-0.3, -0.25) is 0 Å². The lowest BCUT2D eigenvalue weighted by molar-refractivity contribution is 1.47. The van der Waals surface area contributed by atoms with Gasteiger partial charge in [0, 0.05) is 10.9 Å². The van der Waals surface area contributed by atoms with Crippen molar-refractivity contribution in [2.75, 3.05) is 5.73 Å². The Bertz CT molecular complexity index is 481. The van der Waals surface area contributed by atoms with E-state index in [4.69, 9.17) is 5.73 Å². The number of hydrogen-bond acceptors (Lipinski definition) is 1. The highest BCUT2D eigenvalue weighted by molar-refractivity contribution is 5.82. The molecule has 0 aliphatic carbocycles. The first-order valence-corrected chi connectivity index (χ1v) is 5.19. The molecular weight excluding hydrogens is 196 g/mol. The van der Waals surface area contributed by atoms with Crippen LogP contribution in [-0.2, 0) is 0 Å². The van der Waals surface area contributed by atoms with Gasteiger partial charge in [-0.15, -0.1) is 0 Å². The molecule has 0 amide bonds. The number of anilines is 1. The number of fused-ring (bicyclic) bond motifs is 1. The van der Waals surface area contributed by atoms with Gasteiger partial charge in [-0.1, -0.05) is 54.6 Å². The van der Waals surface area contributed by atoms with Gasteiger partial charge in [0.1, 0.15) is 5.82 Å². The molecule has 1 aromatic heterocycles. The van der Waals surface area contributed by atoms with Gasteiger partial charge in [-0.05, 0) is 12.1 Å². The second-order valence-corrected chi connectivity index (χ2v) is 3.47. The predicted octanol–water partition coefficient (Wildman–Crippen LogP) is 3.44. The van der Waals surface area contributed by atoms with Crippen LogP contribution in [0.2, 0.25) is 0 Å². The predicted molar refractivity (Wildman–Crippen MR) is 69.2 cm³/mol. The van der Waals surface area contributed by atoms with E-state index in [1.165, 1.54) is 5.39 Å². The molecule has 2 heteroatoms. The Kier molecular flexibility index (Phi) is 3.24. The van der Waals surface area contributed by atoms with E-state index in [2.05, 4.69) is 4.98 Å². The van der Waals surface area contributed by atoms with Gasteiger partial charge in [0.05, 0.1) is 0 Å². The minimum Gasteiger partial charge on any atom is -0.385 e. The average Bonchev–Trinajstić information content (AvgIpc) is 2.72. The van der Waals surface area contributed by atoms with Gasteiger partial charge in [0.2, 0.25) is 0 Å². The lowest BCUT2D eigenvalue weighted by Crippen LogP contribution is -1.80. The van der Waals surface area contributed by atoms with Crippen molar-refractivity contribution < 1.29 is 0 Å². The van der Waals surface area contributed by atoms with E-state index >= 15 is 0 Å². The fraction of sp³-hybridized carbons (Fsp3) is 0. The maximum absolute atomic E-state index is 5.54. The number of nitrogens with one attached hydrogen (secondary N) is 1. The van der Waals surface area contributed by atoms with E-state index in [1.807, 2.05) is 66.7 Å². The van der Waals surface area contributed by atoms with E-state index in [0.29, 0.717) is 0 Å². The van der Waals surface area contributed by atoms with E-state index in [0.717, 1.165) is 11.3 Å². The maximum atomic E-state index is 5.54. The van der Waals surface area contributed by atoms with Gasteiger partial charge >= 0.3 is 0 Å². The van der Waals surface area contributed by atoms with Crippen molar-refractivity contribution >= 4 is 16.7 Å². The summed E-state index contributed by atoms with van der Waals surface area (Å²) in [4.78, 5) is 3.04. The largest absolute Gasteiger partial charge is 0.385 e. The third-order valence-electron chi connectivity index (χ3n) is 2.22. The molecule has 0 aliphatic heterocycles. The molecule has 1 heterocycles. The second-order valence-electron chi connectivity index (χ2n) is 3.47. The van der Waals surface area contributed by atoms with E-state index < -0.39 is 0 Å². The van der Waals surface area contributed by atoms with Crippen LogP contribution in [0.3, 0.4) is 0 Å². The van der Waals surface area contributed by atoms with Gasteiger partial charge in [0.25, 0.3) is 0 Å². The van der Waals surface area contributed by atoms with E-state index in [1.54, 1.807) is 0 Å². The highest BCUT2D eigenvalue weighted by Gasteiger charge is 1.92. The molecule has 2 nitrogen and oxygen atoms in total. The van der Waals surface area contributed by atoms with Crippen molar-refractivity contribution in [3.63, 3.8) is 0 Å². The SMILES string of the molecule is Nc1cc2ccccc2[nH]1.c1ccccc1. The molecule has 0 spiro atoms. The standard InChI is InChI=1S/C8H8N2.C6H6/c9-8-5-6-3-1-2-4-7(6)10-8;1-2-4-6-5-3-1/h1-5,10H,9H2;1-6H. The van der Waals surface area contributed by atoms with Gasteiger partial charge in [0.15, 0.2) is 0 Å². The molecule has 0 fully saturated rings. The molecule has 3 aromatic rings. The van der Waals surface area contributed by atoms with Crippen LogP contribution in [0.25, 0.3) is 10.9 Å². The normalized spacial score (nSPS) is 9.50. The third kappa shape index (κ3) is 2.64. The molecule has 0 unspecified atom stereocenters. The lowest BCUT2D eigenvalue weighted by Gasteiger charge is -1.83. The molecule has 0 saturated heterocycles. The summed E-state index contributed by atoms with van der Waals surface area (Å²) in [5, 5.41) is 1.17. The van der Waals surface area contributed by atoms with Crippen LogP contribution >= 0.6 is 0 Å². The molecule has 16 heavy (non-hydrogen) atoms. The van der Waals surface area contributed by atoms with Crippen LogP contribution in [0.1, 0.15) is 0 Å². The summed E-state index contributed by atoms with van der Waals surface area (Å²) < 4.78 is 0. The van der Waals surface area contributed by atoms with Crippen molar-refractivity contribution in [2.45, 2.75) is 0 Å². The van der Waals surface area contributed by atoms with Crippen molar-refractivity contribution in [3.8, 4) is 0 Å². The monoisotopic (exact) mass is 210 g/mol. The Labute approximate surface area is 94.7 Å². The zero-order chi connectivity index (χ0) is 11.2. The molecule has 0 atom stereocenters. The smallest absolute Gasteiger partial charge is 0.101 e. The molecule has 0 aliphatic rings. The zero-order valence-electron chi connectivity index (χ0n) is 8.93. The molecule has 3 rings (SSSR count). The number of hydrogen-bond donors (Lipinski definition) is 2. The summed E-state index contributed by atoms with van der Waals surface area (Å²) in [5.41, 5.74) is 6.63. The molecule has 3 N–H and O–H groups in total. The van der Waals surface area contributed by atoms with Crippen LogP contribution in [0.15, 0.2) is 66.7 Å². The summed E-state index contributed by atoms with van der Waals surface area (Å²) in [5.74, 6) is 0.723. The summed E-state index contributed by atoms with van der Waals surface area (Å²) in [6.45, 7) is 0. The Hall–Kier alpha value is -2.22. The van der Waals surface area contributed by atoms with Crippen LogP contribution in [-0.4, -0.2) is 4.98 Å². The Morgan fingerprint density at radius 1 is 0.750 bits per heavy atom. The fourth-order valence-corrected chi connectivity index (χ4v) is 1.48. The number of aromatic nitrogens is 1. The van der Waals surface area contributed by atoms with Crippen LogP contribution in [0.5, 0.6) is 0 Å². The number of para-hydroxylation sites is 1. The minimum absolute atomic E-state index is 0.723. The van der Waals surface area contributed by atoms with E-state index in [-0.39, 0.29) is 0 Å². The molecule has 2 aromatic carbocycles. The topological polar surface area (TPSA) is 41.8 Å². The number of rotatable bonds is 0. The summed E-state index contributed by atoms with van der Waals surface area (Å²) in [6, 6.07) is 21.9. The minimum atomic E-state index is 0.723. The number of nitrogen functional groups attached to an aromatic ring is 1. The highest BCUT2D eigenvalue weighted by atomic mass is 14.8. The van der Waals surface area contributed by atoms with Crippen LogP contribution < -0.4 is 5.73 Å². The van der Waals surface area contributed by atoms with Crippen LogP contribution in [0, 0.1) is 0 Å².